The monoisotopic (exact) mass is 605 g/mol. The van der Waals surface area contributed by atoms with Crippen LogP contribution in [0.4, 0.5) is 5.82 Å². The lowest BCUT2D eigenvalue weighted by Gasteiger charge is -2.52. The van der Waals surface area contributed by atoms with Gasteiger partial charge in [0.15, 0.2) is 46.2 Å². The van der Waals surface area contributed by atoms with E-state index in [1.165, 1.54) is 19.0 Å². The van der Waals surface area contributed by atoms with Crippen LogP contribution in [-0.4, -0.2) is 93.5 Å². The number of hydrogen-bond donors (Lipinski definition) is 5. The van der Waals surface area contributed by atoms with Gasteiger partial charge in [-0.15, -0.1) is 0 Å². The minimum absolute atomic E-state index is 0.0234. The van der Waals surface area contributed by atoms with Crippen molar-refractivity contribution >= 4 is 46.5 Å². The Morgan fingerprint density at radius 3 is 2.29 bits per heavy atom. The van der Waals surface area contributed by atoms with Crippen molar-refractivity contribution in [3.63, 3.8) is 0 Å². The Bertz CT molecular complexity index is 1370. The Hall–Kier alpha value is -2.93. The predicted molar refractivity (Wildman–Crippen MR) is 154 cm³/mol. The highest BCUT2D eigenvalue weighted by Gasteiger charge is 2.69. The molecule has 2 unspecified atom stereocenters. The molecule has 0 radical (unpaired) electrons. The molecule has 2 fully saturated rings. The van der Waals surface area contributed by atoms with Gasteiger partial charge in [0.2, 0.25) is 5.91 Å². The number of rotatable bonds is 7. The summed E-state index contributed by atoms with van der Waals surface area (Å²) in [5.41, 5.74) is 2.22. The topological polar surface area (TPSA) is 192 Å². The van der Waals surface area contributed by atoms with Crippen molar-refractivity contribution in [1.29, 1.82) is 0 Å². The van der Waals surface area contributed by atoms with Gasteiger partial charge in [-0.05, 0) is 59.0 Å². The molecular formula is C29H40ClN5O7. The molecule has 230 valence electrons. The summed E-state index contributed by atoms with van der Waals surface area (Å²) in [6.07, 6.45) is -0.0114. The molecule has 42 heavy (non-hydrogen) atoms. The van der Waals surface area contributed by atoms with Gasteiger partial charge >= 0.3 is 0 Å². The zero-order valence-electron chi connectivity index (χ0n) is 25.0. The van der Waals surface area contributed by atoms with Crippen molar-refractivity contribution in [2.24, 2.45) is 34.8 Å². The fourth-order valence-electron chi connectivity index (χ4n) is 6.53. The second-order valence-corrected chi connectivity index (χ2v) is 14.2. The van der Waals surface area contributed by atoms with E-state index in [2.05, 4.69) is 15.6 Å². The number of hydrogen-bond acceptors (Lipinski definition) is 11. The number of nitrogens with two attached hydrogens (primary N) is 1. The lowest BCUT2D eigenvalue weighted by atomic mass is 9.52. The van der Waals surface area contributed by atoms with Gasteiger partial charge in [0.25, 0.3) is 0 Å². The van der Waals surface area contributed by atoms with Crippen LogP contribution in [0.5, 0.6) is 5.75 Å². The predicted octanol–water partition coefficient (Wildman–Crippen LogP) is 0.742. The highest BCUT2D eigenvalue weighted by molar-refractivity contribution is 6.34. The molecular weight excluding hydrogens is 566 g/mol. The number of aromatic nitrogens is 1. The van der Waals surface area contributed by atoms with Gasteiger partial charge in [-0.1, -0.05) is 25.4 Å². The summed E-state index contributed by atoms with van der Waals surface area (Å²) in [4.78, 5) is 72.3. The molecule has 0 saturated heterocycles. The normalized spacial score (nSPS) is 29.7. The van der Waals surface area contributed by atoms with Crippen LogP contribution in [0.2, 0.25) is 5.15 Å². The highest BCUT2D eigenvalue weighted by Crippen LogP contribution is 2.52. The quantitative estimate of drug-likeness (QED) is 0.217. The van der Waals surface area contributed by atoms with Crippen LogP contribution < -0.4 is 16.4 Å². The first-order valence-corrected chi connectivity index (χ1v) is 14.4. The molecule has 0 aliphatic heterocycles. The Labute approximate surface area is 249 Å². The smallest absolute Gasteiger partial charge is 0.235 e. The number of nitrogens with one attached hydrogen (secondary N) is 2. The summed E-state index contributed by atoms with van der Waals surface area (Å²) in [6, 6.07) is -1.17. The molecule has 3 aliphatic carbocycles. The molecule has 0 bridgehead atoms. The van der Waals surface area contributed by atoms with Crippen LogP contribution in [-0.2, 0) is 25.6 Å². The second kappa shape index (κ2) is 10.7. The molecule has 0 aromatic carbocycles. The highest BCUT2D eigenvalue weighted by atomic mass is 35.5. The number of halogens is 1. The lowest BCUT2D eigenvalue weighted by molar-refractivity contribution is -0.181. The number of ketones is 4. The molecule has 0 spiro atoms. The van der Waals surface area contributed by atoms with Crippen LogP contribution >= 0.6 is 11.6 Å². The van der Waals surface area contributed by atoms with Gasteiger partial charge in [-0.25, -0.2) is 4.98 Å². The van der Waals surface area contributed by atoms with E-state index in [4.69, 9.17) is 17.3 Å². The average Bonchev–Trinajstić information content (AvgIpc) is 2.85. The molecule has 1 aromatic rings. The van der Waals surface area contributed by atoms with E-state index in [9.17, 15) is 34.2 Å². The molecule has 6 atom stereocenters. The van der Waals surface area contributed by atoms with E-state index in [0.717, 1.165) is 0 Å². The number of amides is 1. The standard InChI is InChI=1S/C29H40ClN5O7/c1-27(2,3)33-11-28(4,5)10-32-26-21(38)16-13(24(30)34-26)8-12-9-14-18(35(6)7)20(37)17(25(31)41)23(40)29(14,42)22(39)15(12)19(16)36/h12,14-15,17-18,33,38,42H,8-11H2,1-7H3,(H2,31,41)(H,32,34)/t12-,14-,15?,17?,18-,29-/m0/s1. The van der Waals surface area contributed by atoms with Gasteiger partial charge in [-0.2, -0.15) is 0 Å². The number of fused-ring (bicyclic) bond motifs is 3. The number of aliphatic hydroxyl groups is 1. The van der Waals surface area contributed by atoms with Crippen LogP contribution in [0.3, 0.4) is 0 Å². The molecule has 13 heteroatoms. The van der Waals surface area contributed by atoms with Crippen LogP contribution in [0.15, 0.2) is 0 Å². The average molecular weight is 606 g/mol. The summed E-state index contributed by atoms with van der Waals surface area (Å²) in [5.74, 6) is -11.3. The maximum atomic E-state index is 14.0. The third-order valence-electron chi connectivity index (χ3n) is 8.71. The van der Waals surface area contributed by atoms with Gasteiger partial charge in [-0.3, -0.25) is 28.9 Å². The zero-order valence-corrected chi connectivity index (χ0v) is 25.8. The summed E-state index contributed by atoms with van der Waals surface area (Å²) in [6.45, 7) is 11.2. The van der Waals surface area contributed by atoms with Gasteiger partial charge in [0.1, 0.15) is 5.15 Å². The number of Topliss-reactive ketones (excluding diaryl/α,β-unsaturated/α-hetero) is 4. The number of anilines is 1. The fraction of sp³-hybridized carbons (Fsp3) is 0.655. The van der Waals surface area contributed by atoms with E-state index in [0.29, 0.717) is 13.1 Å². The summed E-state index contributed by atoms with van der Waals surface area (Å²) < 4.78 is 0. The van der Waals surface area contributed by atoms with Crippen LogP contribution in [0.1, 0.15) is 57.0 Å². The third kappa shape index (κ3) is 5.23. The van der Waals surface area contributed by atoms with Gasteiger partial charge in [0.05, 0.1) is 17.5 Å². The lowest BCUT2D eigenvalue weighted by Crippen LogP contribution is -2.74. The van der Waals surface area contributed by atoms with Gasteiger partial charge in [0, 0.05) is 30.1 Å². The molecule has 1 heterocycles. The van der Waals surface area contributed by atoms with Crippen molar-refractivity contribution in [2.75, 3.05) is 32.5 Å². The Kier molecular flexibility index (Phi) is 8.12. The summed E-state index contributed by atoms with van der Waals surface area (Å²) >= 11 is 6.54. The first-order valence-electron chi connectivity index (χ1n) is 14.0. The second-order valence-electron chi connectivity index (χ2n) is 13.9. The zero-order chi connectivity index (χ0) is 31.7. The summed E-state index contributed by atoms with van der Waals surface area (Å²) in [7, 11) is 3.06. The van der Waals surface area contributed by atoms with Gasteiger partial charge < -0.3 is 26.6 Å². The Morgan fingerprint density at radius 2 is 1.74 bits per heavy atom. The maximum Gasteiger partial charge on any atom is 0.235 e. The molecule has 6 N–H and O–H groups in total. The SMILES string of the molecule is CN(C)[C@@H]1C(=O)C(C(N)=O)C(=O)[C@@]2(O)C(=O)C3C(=O)c4c(O)c(NCC(C)(C)CNC(C)(C)C)nc(Cl)c4C[C@H]3C[C@@H]12. The maximum absolute atomic E-state index is 14.0. The van der Waals surface area contributed by atoms with E-state index in [1.807, 2.05) is 34.6 Å². The molecule has 1 amide bonds. The van der Waals surface area contributed by atoms with Crippen LogP contribution in [0.25, 0.3) is 0 Å². The first-order chi connectivity index (χ1) is 19.2. The number of carbonyl (C=O) groups excluding carboxylic acids is 5. The van der Waals surface area contributed by atoms with E-state index in [-0.39, 0.29) is 45.9 Å². The Balaban J connectivity index is 1.71. The number of nitrogens with zero attached hydrogens (tertiary/aromatic N) is 2. The minimum Gasteiger partial charge on any atom is -0.504 e. The molecule has 3 aliphatic rings. The van der Waals surface area contributed by atoms with E-state index >= 15 is 0 Å². The minimum atomic E-state index is -2.78. The van der Waals surface area contributed by atoms with Crippen molar-refractivity contribution in [3.05, 3.63) is 16.3 Å². The number of pyridine rings is 1. The summed E-state index contributed by atoms with van der Waals surface area (Å²) in [5, 5.41) is 29.4. The number of aromatic hydroxyl groups is 1. The molecule has 4 rings (SSSR count). The van der Waals surface area contributed by atoms with E-state index in [1.54, 1.807) is 0 Å². The first kappa shape index (κ1) is 32.0. The number of likely N-dealkylation sites (N-methyl/N-ethyl adjacent to an activating group) is 1. The van der Waals surface area contributed by atoms with E-state index < -0.39 is 70.1 Å². The number of primary amides is 1. The van der Waals surface area contributed by atoms with Crippen LogP contribution in [0, 0.1) is 29.1 Å². The number of carbonyl (C=O) groups is 5. The fourth-order valence-corrected chi connectivity index (χ4v) is 6.79. The van der Waals surface area contributed by atoms with Crippen molar-refractivity contribution < 1.29 is 34.2 Å². The van der Waals surface area contributed by atoms with Crippen molar-refractivity contribution in [3.8, 4) is 5.75 Å². The molecule has 2 saturated carbocycles. The molecule has 12 nitrogen and oxygen atoms in total. The van der Waals surface area contributed by atoms with Crippen molar-refractivity contribution in [2.45, 2.75) is 64.6 Å². The Morgan fingerprint density at radius 1 is 1.12 bits per heavy atom. The molecule has 1 aromatic heterocycles. The third-order valence-corrected chi connectivity index (χ3v) is 9.02. The van der Waals surface area contributed by atoms with Crippen molar-refractivity contribution in [1.82, 2.24) is 15.2 Å². The largest absolute Gasteiger partial charge is 0.504 e.